The van der Waals surface area contributed by atoms with Crippen LogP contribution in [0.4, 0.5) is 0 Å². The molecule has 128 valence electrons. The molecule has 1 aromatic heterocycles. The molecule has 1 atom stereocenters. The molecule has 6 heteroatoms. The Morgan fingerprint density at radius 1 is 1.16 bits per heavy atom. The largest absolute Gasteiger partial charge is 0.346 e. The summed E-state index contributed by atoms with van der Waals surface area (Å²) in [4.78, 5) is 17.6. The molecule has 1 N–H and O–H groups in total. The van der Waals surface area contributed by atoms with Gasteiger partial charge in [-0.05, 0) is 26.0 Å². The highest BCUT2D eigenvalue weighted by Gasteiger charge is 2.16. The van der Waals surface area contributed by atoms with E-state index in [4.69, 9.17) is 4.52 Å². The zero-order valence-electron chi connectivity index (χ0n) is 14.1. The van der Waals surface area contributed by atoms with E-state index in [9.17, 15) is 4.79 Å². The first-order valence-corrected chi connectivity index (χ1v) is 8.89. The monoisotopic (exact) mass is 353 g/mol. The number of hydrogen-bond acceptors (Lipinski definition) is 5. The average Bonchev–Trinajstić information content (AvgIpc) is 3.11. The van der Waals surface area contributed by atoms with Gasteiger partial charge in [-0.25, -0.2) is 0 Å². The number of hydrogen-bond donors (Lipinski definition) is 1. The SMILES string of the molecule is Cc1ccc(S[C@H](C)C(=O)NCc2nc(-c3ccccc3)no2)cc1. The van der Waals surface area contributed by atoms with Crippen molar-refractivity contribution in [2.75, 3.05) is 0 Å². The normalized spacial score (nSPS) is 11.9. The minimum atomic E-state index is -0.209. The summed E-state index contributed by atoms with van der Waals surface area (Å²) >= 11 is 1.52. The summed E-state index contributed by atoms with van der Waals surface area (Å²) in [5, 5.41) is 6.57. The molecule has 1 amide bonds. The summed E-state index contributed by atoms with van der Waals surface area (Å²) in [6, 6.07) is 17.7. The van der Waals surface area contributed by atoms with Gasteiger partial charge in [-0.2, -0.15) is 4.98 Å². The molecule has 0 aliphatic rings. The molecule has 1 heterocycles. The lowest BCUT2D eigenvalue weighted by Crippen LogP contribution is -2.30. The van der Waals surface area contributed by atoms with Crippen molar-refractivity contribution in [2.45, 2.75) is 30.5 Å². The Hall–Kier alpha value is -2.60. The molecular formula is C19H19N3O2S. The number of nitrogens with zero attached hydrogens (tertiary/aromatic N) is 2. The molecule has 3 aromatic rings. The van der Waals surface area contributed by atoms with Crippen molar-refractivity contribution in [1.82, 2.24) is 15.5 Å². The number of amides is 1. The van der Waals surface area contributed by atoms with E-state index in [1.54, 1.807) is 0 Å². The third-order valence-electron chi connectivity index (χ3n) is 3.62. The summed E-state index contributed by atoms with van der Waals surface area (Å²) in [6.45, 7) is 4.14. The Labute approximate surface area is 150 Å². The van der Waals surface area contributed by atoms with Gasteiger partial charge in [0.2, 0.25) is 17.6 Å². The van der Waals surface area contributed by atoms with E-state index in [-0.39, 0.29) is 17.7 Å². The molecule has 0 unspecified atom stereocenters. The van der Waals surface area contributed by atoms with Crippen LogP contribution >= 0.6 is 11.8 Å². The van der Waals surface area contributed by atoms with Crippen molar-refractivity contribution in [3.8, 4) is 11.4 Å². The third kappa shape index (κ3) is 4.70. The molecule has 0 saturated heterocycles. The Balaban J connectivity index is 1.53. The van der Waals surface area contributed by atoms with Crippen molar-refractivity contribution in [1.29, 1.82) is 0 Å². The Morgan fingerprint density at radius 2 is 1.88 bits per heavy atom. The van der Waals surface area contributed by atoms with Crippen LogP contribution in [0.1, 0.15) is 18.4 Å². The Kier molecular flexibility index (Phi) is 5.50. The first-order chi connectivity index (χ1) is 12.1. The van der Waals surface area contributed by atoms with E-state index in [0.717, 1.165) is 10.5 Å². The summed E-state index contributed by atoms with van der Waals surface area (Å²) in [5.74, 6) is 0.844. The Bertz CT molecular complexity index is 831. The summed E-state index contributed by atoms with van der Waals surface area (Å²) in [7, 11) is 0. The molecule has 0 aliphatic heterocycles. The van der Waals surface area contributed by atoms with Crippen LogP contribution in [0, 0.1) is 6.92 Å². The van der Waals surface area contributed by atoms with Gasteiger partial charge < -0.3 is 9.84 Å². The van der Waals surface area contributed by atoms with E-state index >= 15 is 0 Å². The van der Waals surface area contributed by atoms with Crippen LogP contribution in [0.2, 0.25) is 0 Å². The number of rotatable bonds is 6. The lowest BCUT2D eigenvalue weighted by Gasteiger charge is -2.10. The fourth-order valence-electron chi connectivity index (χ4n) is 2.21. The zero-order chi connectivity index (χ0) is 17.6. The predicted octanol–water partition coefficient (Wildman–Crippen LogP) is 3.84. The van der Waals surface area contributed by atoms with Gasteiger partial charge >= 0.3 is 0 Å². The van der Waals surface area contributed by atoms with E-state index in [0.29, 0.717) is 11.7 Å². The smallest absolute Gasteiger partial charge is 0.246 e. The van der Waals surface area contributed by atoms with Gasteiger partial charge in [0.1, 0.15) is 0 Å². The van der Waals surface area contributed by atoms with Crippen molar-refractivity contribution < 1.29 is 9.32 Å². The average molecular weight is 353 g/mol. The van der Waals surface area contributed by atoms with E-state index in [1.807, 2.05) is 68.4 Å². The van der Waals surface area contributed by atoms with Crippen molar-refractivity contribution >= 4 is 17.7 Å². The number of benzene rings is 2. The van der Waals surface area contributed by atoms with Gasteiger partial charge in [0, 0.05) is 10.5 Å². The molecule has 5 nitrogen and oxygen atoms in total. The quantitative estimate of drug-likeness (QED) is 0.682. The number of nitrogens with one attached hydrogen (secondary N) is 1. The maximum absolute atomic E-state index is 12.2. The van der Waals surface area contributed by atoms with E-state index in [2.05, 4.69) is 15.5 Å². The van der Waals surface area contributed by atoms with Gasteiger partial charge in [0.15, 0.2) is 0 Å². The minimum absolute atomic E-state index is 0.0648. The molecule has 0 aliphatic carbocycles. The topological polar surface area (TPSA) is 68.0 Å². The summed E-state index contributed by atoms with van der Waals surface area (Å²) in [6.07, 6.45) is 0. The highest BCUT2D eigenvalue weighted by Crippen LogP contribution is 2.23. The first-order valence-electron chi connectivity index (χ1n) is 8.01. The molecule has 0 radical (unpaired) electrons. The number of carbonyl (C=O) groups excluding carboxylic acids is 1. The maximum Gasteiger partial charge on any atom is 0.246 e. The standard InChI is InChI=1S/C19H19N3O2S/c1-13-8-10-16(11-9-13)25-14(2)19(23)20-12-17-21-18(22-24-17)15-6-4-3-5-7-15/h3-11,14H,12H2,1-2H3,(H,20,23)/t14-/m1/s1. The summed E-state index contributed by atoms with van der Waals surface area (Å²) < 4.78 is 5.20. The predicted molar refractivity (Wildman–Crippen MR) is 98.1 cm³/mol. The highest BCUT2D eigenvalue weighted by atomic mass is 32.2. The van der Waals surface area contributed by atoms with Crippen LogP contribution in [-0.4, -0.2) is 21.3 Å². The first kappa shape index (κ1) is 17.2. The van der Waals surface area contributed by atoms with Gasteiger partial charge in [0.05, 0.1) is 11.8 Å². The molecule has 0 spiro atoms. The van der Waals surface area contributed by atoms with Crippen molar-refractivity contribution in [2.24, 2.45) is 0 Å². The van der Waals surface area contributed by atoms with Crippen molar-refractivity contribution in [3.05, 3.63) is 66.1 Å². The van der Waals surface area contributed by atoms with Gasteiger partial charge in [0.25, 0.3) is 0 Å². The number of aromatic nitrogens is 2. The highest BCUT2D eigenvalue weighted by molar-refractivity contribution is 8.00. The second kappa shape index (κ2) is 7.98. The molecule has 0 bridgehead atoms. The van der Waals surface area contributed by atoms with Gasteiger partial charge in [-0.1, -0.05) is 53.2 Å². The lowest BCUT2D eigenvalue weighted by atomic mass is 10.2. The van der Waals surface area contributed by atoms with Crippen LogP contribution in [-0.2, 0) is 11.3 Å². The van der Waals surface area contributed by atoms with Gasteiger partial charge in [-0.15, -0.1) is 11.8 Å². The van der Waals surface area contributed by atoms with E-state index in [1.165, 1.54) is 17.3 Å². The molecule has 3 rings (SSSR count). The molecule has 25 heavy (non-hydrogen) atoms. The second-order valence-corrected chi connectivity index (χ2v) is 7.08. The van der Waals surface area contributed by atoms with Crippen LogP contribution in [0.3, 0.4) is 0 Å². The fourth-order valence-corrected chi connectivity index (χ4v) is 3.10. The van der Waals surface area contributed by atoms with Crippen LogP contribution in [0.15, 0.2) is 64.0 Å². The minimum Gasteiger partial charge on any atom is -0.346 e. The van der Waals surface area contributed by atoms with Crippen LogP contribution in [0.5, 0.6) is 0 Å². The summed E-state index contributed by atoms with van der Waals surface area (Å²) in [5.41, 5.74) is 2.08. The maximum atomic E-state index is 12.2. The second-order valence-electron chi connectivity index (χ2n) is 5.67. The van der Waals surface area contributed by atoms with Crippen LogP contribution in [0.25, 0.3) is 11.4 Å². The lowest BCUT2D eigenvalue weighted by molar-refractivity contribution is -0.120. The fraction of sp³-hybridized carbons (Fsp3) is 0.211. The Morgan fingerprint density at radius 3 is 2.60 bits per heavy atom. The van der Waals surface area contributed by atoms with E-state index < -0.39 is 0 Å². The number of thioether (sulfide) groups is 1. The third-order valence-corrected chi connectivity index (χ3v) is 4.73. The van der Waals surface area contributed by atoms with Crippen LogP contribution < -0.4 is 5.32 Å². The zero-order valence-corrected chi connectivity index (χ0v) is 14.9. The van der Waals surface area contributed by atoms with Gasteiger partial charge in [-0.3, -0.25) is 4.79 Å². The molecule has 0 fully saturated rings. The molecule has 2 aromatic carbocycles. The number of carbonyl (C=O) groups is 1. The van der Waals surface area contributed by atoms with Crippen molar-refractivity contribution in [3.63, 3.8) is 0 Å². The molecule has 0 saturated carbocycles. The number of aryl methyl sites for hydroxylation is 1. The molecular weight excluding hydrogens is 334 g/mol.